The molecule has 0 radical (unpaired) electrons. The van der Waals surface area contributed by atoms with Crippen molar-refractivity contribution in [1.29, 1.82) is 0 Å². The predicted octanol–water partition coefficient (Wildman–Crippen LogP) is 4.70. The average molecular weight is 384 g/mol. The lowest BCUT2D eigenvalue weighted by Crippen LogP contribution is -2.25. The van der Waals surface area contributed by atoms with Crippen LogP contribution in [0.15, 0.2) is 48.5 Å². The number of amides is 1. The number of hydrogen-bond donors (Lipinski definition) is 1. The van der Waals surface area contributed by atoms with Gasteiger partial charge in [0.05, 0.1) is 0 Å². The van der Waals surface area contributed by atoms with Gasteiger partial charge in [-0.3, -0.25) is 4.79 Å². The summed E-state index contributed by atoms with van der Waals surface area (Å²) in [6.45, 7) is -1.11. The predicted molar refractivity (Wildman–Crippen MR) is 92.1 cm³/mol. The van der Waals surface area contributed by atoms with Crippen molar-refractivity contribution in [3.8, 4) is 5.75 Å². The van der Waals surface area contributed by atoms with Crippen LogP contribution >= 0.6 is 11.6 Å². The number of ether oxygens (including phenoxy) is 1. The van der Waals surface area contributed by atoms with E-state index in [1.807, 2.05) is 18.2 Å². The molecule has 1 fully saturated rings. The fourth-order valence-electron chi connectivity index (χ4n) is 2.83. The summed E-state index contributed by atoms with van der Waals surface area (Å²) in [7, 11) is 0. The molecule has 3 nitrogen and oxygen atoms in total. The molecule has 1 amide bonds. The number of carbonyl (C=O) groups is 1. The Morgan fingerprint density at radius 2 is 1.96 bits per heavy atom. The maximum absolute atomic E-state index is 12.3. The number of rotatable bonds is 6. The van der Waals surface area contributed by atoms with Gasteiger partial charge < -0.3 is 10.1 Å². The molecule has 0 saturated heterocycles. The van der Waals surface area contributed by atoms with Crippen LogP contribution in [0.3, 0.4) is 0 Å². The zero-order valence-corrected chi connectivity index (χ0v) is 14.5. The fraction of sp³-hybridized carbons (Fsp3) is 0.316. The minimum atomic E-state index is -4.39. The highest BCUT2D eigenvalue weighted by Gasteiger charge is 2.44. The molecule has 0 spiro atoms. The highest BCUT2D eigenvalue weighted by Crippen LogP contribution is 2.49. The molecule has 7 heteroatoms. The molecule has 2 atom stereocenters. The number of halogens is 4. The molecule has 1 saturated carbocycles. The Balaban J connectivity index is 1.52. The van der Waals surface area contributed by atoms with E-state index in [1.165, 1.54) is 12.1 Å². The minimum absolute atomic E-state index is 0.0865. The second kappa shape index (κ2) is 7.58. The van der Waals surface area contributed by atoms with E-state index in [0.29, 0.717) is 10.6 Å². The van der Waals surface area contributed by atoms with Gasteiger partial charge in [-0.15, -0.1) is 0 Å². The number of alkyl halides is 3. The van der Waals surface area contributed by atoms with E-state index in [2.05, 4.69) is 5.32 Å². The third kappa shape index (κ3) is 4.91. The molecule has 0 bridgehead atoms. The quantitative estimate of drug-likeness (QED) is 0.785. The molecule has 0 aliphatic heterocycles. The smallest absolute Gasteiger partial charge is 0.422 e. The highest BCUT2D eigenvalue weighted by atomic mass is 35.5. The number of benzene rings is 2. The van der Waals surface area contributed by atoms with Crippen LogP contribution in [0.2, 0.25) is 5.02 Å². The van der Waals surface area contributed by atoms with E-state index >= 15 is 0 Å². The largest absolute Gasteiger partial charge is 0.484 e. The molecular weight excluding hydrogens is 367 g/mol. The van der Waals surface area contributed by atoms with Crippen LogP contribution in [0.4, 0.5) is 13.2 Å². The SMILES string of the molecule is O=C(NCc1cccc(OCC(F)(F)F)c1)C1CC1c1ccccc1Cl. The highest BCUT2D eigenvalue weighted by molar-refractivity contribution is 6.31. The first-order valence-corrected chi connectivity index (χ1v) is 8.52. The standard InChI is InChI=1S/C19H17ClF3NO2/c20-17-7-2-1-6-14(17)15-9-16(15)18(25)24-10-12-4-3-5-13(8-12)26-11-19(21,22)23/h1-8,15-16H,9-11H2,(H,24,25). The van der Waals surface area contributed by atoms with Crippen molar-refractivity contribution in [3.05, 3.63) is 64.7 Å². The van der Waals surface area contributed by atoms with Crippen molar-refractivity contribution >= 4 is 17.5 Å². The van der Waals surface area contributed by atoms with Crippen molar-refractivity contribution in [2.24, 2.45) is 5.92 Å². The Hall–Kier alpha value is -2.21. The van der Waals surface area contributed by atoms with E-state index in [4.69, 9.17) is 16.3 Å². The molecule has 0 heterocycles. The van der Waals surface area contributed by atoms with E-state index < -0.39 is 12.8 Å². The van der Waals surface area contributed by atoms with Crippen molar-refractivity contribution in [2.75, 3.05) is 6.61 Å². The Kier molecular flexibility index (Phi) is 5.41. The maximum atomic E-state index is 12.3. The minimum Gasteiger partial charge on any atom is -0.484 e. The average Bonchev–Trinajstić information content (AvgIpc) is 3.39. The van der Waals surface area contributed by atoms with Crippen LogP contribution in [-0.4, -0.2) is 18.7 Å². The lowest BCUT2D eigenvalue weighted by Gasteiger charge is -2.11. The van der Waals surface area contributed by atoms with Crippen molar-refractivity contribution in [3.63, 3.8) is 0 Å². The number of hydrogen-bond acceptors (Lipinski definition) is 2. The lowest BCUT2D eigenvalue weighted by atomic mass is 10.1. The van der Waals surface area contributed by atoms with E-state index in [0.717, 1.165) is 12.0 Å². The van der Waals surface area contributed by atoms with E-state index in [1.54, 1.807) is 18.2 Å². The Labute approximate surface area is 154 Å². The molecule has 2 aromatic rings. The van der Waals surface area contributed by atoms with Crippen molar-refractivity contribution < 1.29 is 22.7 Å². The van der Waals surface area contributed by atoms with Gasteiger partial charge in [0.1, 0.15) is 5.75 Å². The second-order valence-corrected chi connectivity index (χ2v) is 6.65. The molecule has 2 aromatic carbocycles. The van der Waals surface area contributed by atoms with Gasteiger partial charge in [-0.2, -0.15) is 13.2 Å². The van der Waals surface area contributed by atoms with Gasteiger partial charge >= 0.3 is 6.18 Å². The first-order valence-electron chi connectivity index (χ1n) is 8.14. The van der Waals surface area contributed by atoms with Gasteiger partial charge in [-0.05, 0) is 41.7 Å². The molecule has 0 aromatic heterocycles. The molecule has 1 aliphatic carbocycles. The Bertz CT molecular complexity index is 794. The first-order chi connectivity index (χ1) is 12.3. The van der Waals surface area contributed by atoms with E-state index in [9.17, 15) is 18.0 Å². The molecule has 138 valence electrons. The molecule has 1 aliphatic rings. The molecule has 2 unspecified atom stereocenters. The van der Waals surface area contributed by atoms with Gasteiger partial charge in [0.15, 0.2) is 6.61 Å². The summed E-state index contributed by atoms with van der Waals surface area (Å²) in [4.78, 5) is 12.3. The van der Waals surface area contributed by atoms with Crippen molar-refractivity contribution in [2.45, 2.75) is 25.1 Å². The van der Waals surface area contributed by atoms with Crippen LogP contribution in [0, 0.1) is 5.92 Å². The fourth-order valence-corrected chi connectivity index (χ4v) is 3.11. The molecule has 1 N–H and O–H groups in total. The van der Waals surface area contributed by atoms with Crippen molar-refractivity contribution in [1.82, 2.24) is 5.32 Å². The monoisotopic (exact) mass is 383 g/mol. The van der Waals surface area contributed by atoms with E-state index in [-0.39, 0.29) is 30.0 Å². The lowest BCUT2D eigenvalue weighted by molar-refractivity contribution is -0.153. The van der Waals surface area contributed by atoms with Crippen LogP contribution < -0.4 is 10.1 Å². The summed E-state index contributed by atoms with van der Waals surface area (Å²) < 4.78 is 41.3. The summed E-state index contributed by atoms with van der Waals surface area (Å²) >= 11 is 6.16. The molecule has 26 heavy (non-hydrogen) atoms. The zero-order valence-electron chi connectivity index (χ0n) is 13.7. The zero-order chi connectivity index (χ0) is 18.7. The summed E-state index contributed by atoms with van der Waals surface area (Å²) in [5, 5.41) is 3.47. The van der Waals surface area contributed by atoms with Gasteiger partial charge in [-0.1, -0.05) is 41.9 Å². The van der Waals surface area contributed by atoms with Crippen LogP contribution in [0.5, 0.6) is 5.75 Å². The third-order valence-corrected chi connectivity index (χ3v) is 4.54. The third-order valence-electron chi connectivity index (χ3n) is 4.20. The Morgan fingerprint density at radius 1 is 1.19 bits per heavy atom. The van der Waals surface area contributed by atoms with Gasteiger partial charge in [0.2, 0.25) is 5.91 Å². The number of nitrogens with one attached hydrogen (secondary N) is 1. The van der Waals surface area contributed by atoms with Crippen LogP contribution in [-0.2, 0) is 11.3 Å². The molecule has 3 rings (SSSR count). The van der Waals surface area contributed by atoms with Gasteiger partial charge in [0.25, 0.3) is 0 Å². The molecular formula is C19H17ClF3NO2. The van der Waals surface area contributed by atoms with Crippen LogP contribution in [0.1, 0.15) is 23.5 Å². The summed E-state index contributed by atoms with van der Waals surface area (Å²) in [6.07, 6.45) is -3.64. The normalized spacial score (nSPS) is 19.1. The first kappa shape index (κ1) is 18.6. The van der Waals surface area contributed by atoms with Gasteiger partial charge in [0, 0.05) is 17.5 Å². The summed E-state index contributed by atoms with van der Waals surface area (Å²) in [5.74, 6) is 0.0238. The second-order valence-electron chi connectivity index (χ2n) is 6.24. The summed E-state index contributed by atoms with van der Waals surface area (Å²) in [6, 6.07) is 13.7. The van der Waals surface area contributed by atoms with Crippen LogP contribution in [0.25, 0.3) is 0 Å². The maximum Gasteiger partial charge on any atom is 0.422 e. The summed E-state index contributed by atoms with van der Waals surface area (Å²) in [5.41, 5.74) is 1.64. The topological polar surface area (TPSA) is 38.3 Å². The van der Waals surface area contributed by atoms with Gasteiger partial charge in [-0.25, -0.2) is 0 Å². The Morgan fingerprint density at radius 3 is 2.69 bits per heavy atom. The number of carbonyl (C=O) groups excluding carboxylic acids is 1.